The summed E-state index contributed by atoms with van der Waals surface area (Å²) in [6.07, 6.45) is 0.0619. The fourth-order valence-corrected chi connectivity index (χ4v) is 4.07. The predicted octanol–water partition coefficient (Wildman–Crippen LogP) is 0.616. The maximum absolute atomic E-state index is 12.4. The number of rotatable bonds is 7. The van der Waals surface area contributed by atoms with Gasteiger partial charge in [-0.3, -0.25) is 9.69 Å². The van der Waals surface area contributed by atoms with E-state index in [1.54, 1.807) is 18.2 Å². The Labute approximate surface area is 170 Å². The number of hydrogen-bond donors (Lipinski definition) is 3. The Morgan fingerprint density at radius 3 is 2.72 bits per heavy atom. The average molecular weight is 407 g/mol. The minimum Gasteiger partial charge on any atom is -0.508 e. The standard InChI is InChI=1S/C21H29NO7/c1-13(23)21(2,27)20(26)28-12-15-6-8-22-9-7-17(19(15)22)29-18(25)11-14-4-3-5-16(24)10-14/h3-5,10,13,15,17,19,23-24,27H,6-9,11-12H2,1-2H3. The maximum atomic E-state index is 12.4. The first kappa shape index (κ1) is 21.5. The zero-order chi connectivity index (χ0) is 21.2. The van der Waals surface area contributed by atoms with Crippen molar-refractivity contribution >= 4 is 11.9 Å². The quantitative estimate of drug-likeness (QED) is 0.563. The number of aliphatic hydroxyl groups is 2. The lowest BCUT2D eigenvalue weighted by atomic mass is 9.96. The second kappa shape index (κ2) is 8.69. The van der Waals surface area contributed by atoms with E-state index in [0.29, 0.717) is 12.0 Å². The van der Waals surface area contributed by atoms with Gasteiger partial charge in [-0.15, -0.1) is 0 Å². The van der Waals surface area contributed by atoms with E-state index in [2.05, 4.69) is 4.90 Å². The smallest absolute Gasteiger partial charge is 0.340 e. The summed E-state index contributed by atoms with van der Waals surface area (Å²) in [4.78, 5) is 26.7. The Morgan fingerprint density at radius 2 is 2.03 bits per heavy atom. The highest BCUT2D eigenvalue weighted by Gasteiger charge is 2.47. The molecule has 8 heteroatoms. The monoisotopic (exact) mass is 407 g/mol. The van der Waals surface area contributed by atoms with Crippen LogP contribution in [0.4, 0.5) is 0 Å². The topological polar surface area (TPSA) is 117 Å². The molecule has 1 aromatic rings. The highest BCUT2D eigenvalue weighted by Crippen LogP contribution is 2.35. The fourth-order valence-electron chi connectivity index (χ4n) is 4.07. The molecule has 0 spiro atoms. The van der Waals surface area contributed by atoms with E-state index in [1.807, 2.05) is 0 Å². The first-order valence-corrected chi connectivity index (χ1v) is 9.97. The van der Waals surface area contributed by atoms with Crippen LogP contribution in [-0.4, -0.2) is 75.7 Å². The molecule has 5 unspecified atom stereocenters. The van der Waals surface area contributed by atoms with Crippen LogP contribution in [0.15, 0.2) is 24.3 Å². The van der Waals surface area contributed by atoms with Gasteiger partial charge in [0.1, 0.15) is 11.9 Å². The molecule has 2 aliphatic rings. The van der Waals surface area contributed by atoms with Gasteiger partial charge in [-0.25, -0.2) is 4.79 Å². The van der Waals surface area contributed by atoms with Crippen LogP contribution in [-0.2, 0) is 25.5 Å². The second-order valence-electron chi connectivity index (χ2n) is 8.16. The van der Waals surface area contributed by atoms with E-state index in [0.717, 1.165) is 19.5 Å². The summed E-state index contributed by atoms with van der Waals surface area (Å²) >= 11 is 0. The summed E-state index contributed by atoms with van der Waals surface area (Å²) < 4.78 is 11.0. The van der Waals surface area contributed by atoms with Crippen LogP contribution in [0.2, 0.25) is 0 Å². The molecule has 2 heterocycles. The molecule has 0 aliphatic carbocycles. The first-order valence-electron chi connectivity index (χ1n) is 9.97. The summed E-state index contributed by atoms with van der Waals surface area (Å²) in [6, 6.07) is 6.48. The van der Waals surface area contributed by atoms with Crippen molar-refractivity contribution in [3.63, 3.8) is 0 Å². The molecule has 29 heavy (non-hydrogen) atoms. The van der Waals surface area contributed by atoms with Gasteiger partial charge in [0, 0.05) is 12.5 Å². The summed E-state index contributed by atoms with van der Waals surface area (Å²) in [5, 5.41) is 29.1. The summed E-state index contributed by atoms with van der Waals surface area (Å²) in [6.45, 7) is 4.30. The van der Waals surface area contributed by atoms with E-state index >= 15 is 0 Å². The summed E-state index contributed by atoms with van der Waals surface area (Å²) in [5.41, 5.74) is -1.27. The lowest BCUT2D eigenvalue weighted by Gasteiger charge is -2.28. The van der Waals surface area contributed by atoms with Crippen molar-refractivity contribution in [2.24, 2.45) is 5.92 Å². The normalized spacial score (nSPS) is 27.1. The van der Waals surface area contributed by atoms with Gasteiger partial charge in [-0.1, -0.05) is 12.1 Å². The van der Waals surface area contributed by atoms with Crippen LogP contribution in [0.1, 0.15) is 32.3 Å². The minimum atomic E-state index is -1.96. The zero-order valence-electron chi connectivity index (χ0n) is 16.8. The number of aliphatic hydroxyl groups excluding tert-OH is 1. The third-order valence-electron chi connectivity index (χ3n) is 5.97. The molecule has 0 saturated carbocycles. The van der Waals surface area contributed by atoms with Gasteiger partial charge in [-0.2, -0.15) is 0 Å². The third kappa shape index (κ3) is 4.88. The molecule has 2 saturated heterocycles. The third-order valence-corrected chi connectivity index (χ3v) is 5.97. The van der Waals surface area contributed by atoms with Crippen LogP contribution in [0.25, 0.3) is 0 Å². The fraction of sp³-hybridized carbons (Fsp3) is 0.619. The molecule has 160 valence electrons. The Bertz CT molecular complexity index is 748. The SMILES string of the molecule is CC(O)C(C)(O)C(=O)OCC1CCN2CCC(OC(=O)Cc3cccc(O)c3)C12. The number of benzene rings is 1. The highest BCUT2D eigenvalue weighted by atomic mass is 16.6. The number of phenols is 1. The Kier molecular flexibility index (Phi) is 6.45. The Morgan fingerprint density at radius 1 is 1.31 bits per heavy atom. The van der Waals surface area contributed by atoms with Gasteiger partial charge in [0.2, 0.25) is 0 Å². The highest BCUT2D eigenvalue weighted by molar-refractivity contribution is 5.79. The first-order chi connectivity index (χ1) is 13.7. The van der Waals surface area contributed by atoms with Crippen molar-refractivity contribution in [2.45, 2.75) is 57.0 Å². The number of fused-ring (bicyclic) bond motifs is 1. The van der Waals surface area contributed by atoms with E-state index in [-0.39, 0.29) is 42.8 Å². The van der Waals surface area contributed by atoms with Crippen molar-refractivity contribution in [1.82, 2.24) is 4.90 Å². The number of hydrogen-bond acceptors (Lipinski definition) is 8. The predicted molar refractivity (Wildman–Crippen MR) is 103 cm³/mol. The molecule has 0 radical (unpaired) electrons. The lowest BCUT2D eigenvalue weighted by Crippen LogP contribution is -2.47. The van der Waals surface area contributed by atoms with E-state index < -0.39 is 17.7 Å². The molecule has 0 bridgehead atoms. The van der Waals surface area contributed by atoms with Crippen LogP contribution in [0.3, 0.4) is 0 Å². The van der Waals surface area contributed by atoms with Crippen molar-refractivity contribution in [3.05, 3.63) is 29.8 Å². The molecular weight excluding hydrogens is 378 g/mol. The number of nitrogens with zero attached hydrogens (tertiary/aromatic N) is 1. The Hall–Kier alpha value is -2.16. The molecule has 8 nitrogen and oxygen atoms in total. The molecule has 3 rings (SSSR count). The van der Waals surface area contributed by atoms with Crippen LogP contribution in [0.5, 0.6) is 5.75 Å². The second-order valence-corrected chi connectivity index (χ2v) is 8.16. The number of esters is 2. The molecule has 0 amide bonds. The molecule has 2 fully saturated rings. The van der Waals surface area contributed by atoms with Gasteiger partial charge in [0.15, 0.2) is 5.60 Å². The average Bonchev–Trinajstić information content (AvgIpc) is 3.22. The van der Waals surface area contributed by atoms with Crippen molar-refractivity contribution < 1.29 is 34.4 Å². The molecule has 2 aliphatic heterocycles. The lowest BCUT2D eigenvalue weighted by molar-refractivity contribution is -0.176. The van der Waals surface area contributed by atoms with Gasteiger partial charge in [0.05, 0.1) is 25.2 Å². The van der Waals surface area contributed by atoms with E-state index in [9.17, 15) is 24.9 Å². The van der Waals surface area contributed by atoms with E-state index in [1.165, 1.54) is 19.9 Å². The van der Waals surface area contributed by atoms with Crippen molar-refractivity contribution in [3.8, 4) is 5.75 Å². The van der Waals surface area contributed by atoms with Gasteiger partial charge >= 0.3 is 11.9 Å². The molecule has 3 N–H and O–H groups in total. The zero-order valence-corrected chi connectivity index (χ0v) is 16.8. The number of ether oxygens (including phenoxy) is 2. The minimum absolute atomic E-state index is 0.00943. The molecular formula is C21H29NO7. The molecule has 1 aromatic carbocycles. The summed E-state index contributed by atoms with van der Waals surface area (Å²) in [5.74, 6) is -1.12. The van der Waals surface area contributed by atoms with Crippen molar-refractivity contribution in [1.29, 1.82) is 0 Å². The van der Waals surface area contributed by atoms with Gasteiger partial charge in [-0.05, 0) is 50.9 Å². The molecule has 0 aromatic heterocycles. The van der Waals surface area contributed by atoms with Gasteiger partial charge < -0.3 is 24.8 Å². The van der Waals surface area contributed by atoms with E-state index in [4.69, 9.17) is 9.47 Å². The number of aromatic hydroxyl groups is 1. The van der Waals surface area contributed by atoms with Crippen LogP contribution in [0, 0.1) is 5.92 Å². The largest absolute Gasteiger partial charge is 0.508 e. The number of phenolic OH excluding ortho intramolecular Hbond substituents is 1. The van der Waals surface area contributed by atoms with Gasteiger partial charge in [0.25, 0.3) is 0 Å². The number of carbonyl (C=O) groups is 2. The summed E-state index contributed by atoms with van der Waals surface area (Å²) in [7, 11) is 0. The Balaban J connectivity index is 1.56. The van der Waals surface area contributed by atoms with Crippen molar-refractivity contribution in [2.75, 3.05) is 19.7 Å². The molecule has 5 atom stereocenters. The van der Waals surface area contributed by atoms with Crippen LogP contribution < -0.4 is 0 Å². The number of carbonyl (C=O) groups excluding carboxylic acids is 2. The maximum Gasteiger partial charge on any atom is 0.340 e. The van der Waals surface area contributed by atoms with Crippen LogP contribution >= 0.6 is 0 Å².